The smallest absolute Gasteiger partial charge is 0.234 e. The molecule has 0 saturated heterocycles. The number of aliphatic imine (C=N–C) groups is 1. The number of nitrogens with zero attached hydrogens (tertiary/aromatic N) is 2. The maximum atomic E-state index is 13.5. The number of aromatic nitrogens is 1. The predicted octanol–water partition coefficient (Wildman–Crippen LogP) is 4.14. The van der Waals surface area contributed by atoms with Gasteiger partial charge in [0.15, 0.2) is 0 Å². The van der Waals surface area contributed by atoms with Crippen LogP contribution >= 0.6 is 23.4 Å². The van der Waals surface area contributed by atoms with Crippen molar-refractivity contribution in [3.63, 3.8) is 0 Å². The Balaban J connectivity index is 1.55. The summed E-state index contributed by atoms with van der Waals surface area (Å²) in [7, 11) is 0. The molecular formula is C16H13ClFN3OS. The standard InChI is InChI=1S/C16H13ClFN3OS/c1-9-2-3-11(6-12(9)18)20-15(22)8-23-16-5-10-4-14(17)19-7-13(10)21-16/h2-4,6-7H,5,8H2,1H3,(H,20,22). The molecule has 1 aromatic carbocycles. The molecule has 23 heavy (non-hydrogen) atoms. The van der Waals surface area contributed by atoms with Crippen molar-refractivity contribution in [2.24, 2.45) is 4.99 Å². The number of anilines is 1. The number of hydrogen-bond acceptors (Lipinski definition) is 4. The third-order valence-electron chi connectivity index (χ3n) is 3.34. The summed E-state index contributed by atoms with van der Waals surface area (Å²) in [6.45, 7) is 1.67. The van der Waals surface area contributed by atoms with Gasteiger partial charge in [0.2, 0.25) is 5.91 Å². The van der Waals surface area contributed by atoms with E-state index in [1.165, 1.54) is 17.8 Å². The summed E-state index contributed by atoms with van der Waals surface area (Å²) in [4.78, 5) is 20.4. The molecule has 0 aliphatic carbocycles. The molecule has 118 valence electrons. The van der Waals surface area contributed by atoms with Crippen molar-refractivity contribution in [2.75, 3.05) is 11.1 Å². The van der Waals surface area contributed by atoms with Crippen molar-refractivity contribution in [2.45, 2.75) is 13.3 Å². The van der Waals surface area contributed by atoms with Crippen molar-refractivity contribution in [3.05, 3.63) is 52.6 Å². The van der Waals surface area contributed by atoms with Crippen LogP contribution in [-0.2, 0) is 11.2 Å². The van der Waals surface area contributed by atoms with E-state index in [4.69, 9.17) is 11.6 Å². The van der Waals surface area contributed by atoms with Gasteiger partial charge in [0.25, 0.3) is 0 Å². The van der Waals surface area contributed by atoms with E-state index in [1.54, 1.807) is 31.3 Å². The Bertz CT molecular complexity index is 810. The molecule has 0 radical (unpaired) electrons. The third-order valence-corrected chi connectivity index (χ3v) is 4.53. The summed E-state index contributed by atoms with van der Waals surface area (Å²) in [5, 5.41) is 3.95. The number of benzene rings is 1. The van der Waals surface area contributed by atoms with E-state index in [0.29, 0.717) is 22.8 Å². The number of fused-ring (bicyclic) bond motifs is 1. The van der Waals surface area contributed by atoms with Gasteiger partial charge in [0.1, 0.15) is 11.0 Å². The number of rotatable bonds is 3. The van der Waals surface area contributed by atoms with Gasteiger partial charge >= 0.3 is 0 Å². The van der Waals surface area contributed by atoms with Crippen molar-refractivity contribution in [1.29, 1.82) is 0 Å². The van der Waals surface area contributed by atoms with Crippen LogP contribution in [0.5, 0.6) is 0 Å². The van der Waals surface area contributed by atoms with Gasteiger partial charge in [-0.25, -0.2) is 14.4 Å². The molecule has 1 aromatic heterocycles. The van der Waals surface area contributed by atoms with Crippen LogP contribution in [-0.4, -0.2) is 21.7 Å². The Kier molecular flexibility index (Phi) is 4.63. The van der Waals surface area contributed by atoms with Crippen molar-refractivity contribution < 1.29 is 9.18 Å². The molecule has 1 aliphatic heterocycles. The van der Waals surface area contributed by atoms with Gasteiger partial charge in [-0.05, 0) is 36.2 Å². The lowest BCUT2D eigenvalue weighted by molar-refractivity contribution is -0.113. The first kappa shape index (κ1) is 16.0. The van der Waals surface area contributed by atoms with Crippen LogP contribution in [0, 0.1) is 12.7 Å². The molecular weight excluding hydrogens is 337 g/mol. The molecule has 0 atom stereocenters. The van der Waals surface area contributed by atoms with E-state index in [-0.39, 0.29) is 17.5 Å². The second kappa shape index (κ2) is 6.68. The molecule has 2 heterocycles. The Labute approximate surface area is 142 Å². The maximum Gasteiger partial charge on any atom is 0.234 e. The molecule has 0 saturated carbocycles. The van der Waals surface area contributed by atoms with E-state index in [1.807, 2.05) is 0 Å². The Hall–Kier alpha value is -1.92. The number of amides is 1. The molecule has 0 unspecified atom stereocenters. The maximum absolute atomic E-state index is 13.5. The Morgan fingerprint density at radius 1 is 1.43 bits per heavy atom. The molecule has 0 bridgehead atoms. The van der Waals surface area contributed by atoms with Crippen molar-refractivity contribution in [3.8, 4) is 0 Å². The largest absolute Gasteiger partial charge is 0.325 e. The molecule has 0 fully saturated rings. The third kappa shape index (κ3) is 3.89. The second-order valence-corrected chi connectivity index (χ2v) is 6.55. The van der Waals surface area contributed by atoms with E-state index >= 15 is 0 Å². The highest BCUT2D eigenvalue weighted by atomic mass is 35.5. The van der Waals surface area contributed by atoms with E-state index in [9.17, 15) is 9.18 Å². The average Bonchev–Trinajstić information content (AvgIpc) is 2.91. The summed E-state index contributed by atoms with van der Waals surface area (Å²) < 4.78 is 13.5. The number of hydrogen-bond donors (Lipinski definition) is 1. The predicted molar refractivity (Wildman–Crippen MR) is 92.3 cm³/mol. The summed E-state index contributed by atoms with van der Waals surface area (Å²) >= 11 is 7.20. The zero-order valence-electron chi connectivity index (χ0n) is 12.3. The van der Waals surface area contributed by atoms with Gasteiger partial charge in [-0.15, -0.1) is 11.8 Å². The fourth-order valence-electron chi connectivity index (χ4n) is 2.14. The summed E-state index contributed by atoms with van der Waals surface area (Å²) in [6, 6.07) is 6.40. The number of halogens is 2. The highest BCUT2D eigenvalue weighted by molar-refractivity contribution is 8.14. The summed E-state index contributed by atoms with van der Waals surface area (Å²) in [5.74, 6) is -0.327. The first-order chi connectivity index (χ1) is 11.0. The molecule has 0 spiro atoms. The minimum atomic E-state index is -0.338. The second-order valence-electron chi connectivity index (χ2n) is 5.12. The van der Waals surface area contributed by atoms with Crippen molar-refractivity contribution >= 4 is 45.7 Å². The zero-order valence-corrected chi connectivity index (χ0v) is 13.8. The summed E-state index contributed by atoms with van der Waals surface area (Å²) in [5.41, 5.74) is 2.79. The number of aryl methyl sites for hydroxylation is 1. The highest BCUT2D eigenvalue weighted by Gasteiger charge is 2.17. The zero-order chi connectivity index (χ0) is 16.4. The quantitative estimate of drug-likeness (QED) is 0.847. The van der Waals surface area contributed by atoms with Crippen LogP contribution in [0.2, 0.25) is 5.15 Å². The van der Waals surface area contributed by atoms with Gasteiger partial charge in [-0.2, -0.15) is 0 Å². The van der Waals surface area contributed by atoms with Gasteiger partial charge in [0.05, 0.1) is 22.7 Å². The fraction of sp³-hybridized carbons (Fsp3) is 0.188. The molecule has 3 rings (SSSR count). The molecule has 2 aromatic rings. The van der Waals surface area contributed by atoms with Gasteiger partial charge in [-0.1, -0.05) is 17.7 Å². The normalized spacial score (nSPS) is 12.7. The van der Waals surface area contributed by atoms with Gasteiger partial charge in [0, 0.05) is 12.1 Å². The van der Waals surface area contributed by atoms with E-state index in [0.717, 1.165) is 16.3 Å². The van der Waals surface area contributed by atoms with E-state index < -0.39 is 0 Å². The molecule has 1 N–H and O–H groups in total. The first-order valence-electron chi connectivity index (χ1n) is 6.92. The minimum absolute atomic E-state index is 0.201. The highest BCUT2D eigenvalue weighted by Crippen LogP contribution is 2.30. The molecule has 7 heteroatoms. The lowest BCUT2D eigenvalue weighted by Gasteiger charge is -2.06. The number of thioether (sulfide) groups is 1. The molecule has 1 amide bonds. The van der Waals surface area contributed by atoms with Crippen LogP contribution in [0.15, 0.2) is 35.5 Å². The Morgan fingerprint density at radius 2 is 2.26 bits per heavy atom. The lowest BCUT2D eigenvalue weighted by atomic mass is 10.2. The molecule has 1 aliphatic rings. The number of pyridine rings is 1. The number of carbonyl (C=O) groups is 1. The average molecular weight is 350 g/mol. The first-order valence-corrected chi connectivity index (χ1v) is 8.28. The Morgan fingerprint density at radius 3 is 3.04 bits per heavy atom. The SMILES string of the molecule is Cc1ccc(NC(=O)CSC2=Nc3cnc(Cl)cc3C2)cc1F. The van der Waals surface area contributed by atoms with Crippen LogP contribution in [0.3, 0.4) is 0 Å². The number of carbonyl (C=O) groups excluding carboxylic acids is 1. The van der Waals surface area contributed by atoms with Gasteiger partial charge < -0.3 is 5.32 Å². The fourth-order valence-corrected chi connectivity index (χ4v) is 3.11. The van der Waals surface area contributed by atoms with Crippen LogP contribution in [0.1, 0.15) is 11.1 Å². The minimum Gasteiger partial charge on any atom is -0.325 e. The van der Waals surface area contributed by atoms with Crippen LogP contribution in [0.4, 0.5) is 15.8 Å². The monoisotopic (exact) mass is 349 g/mol. The van der Waals surface area contributed by atoms with Crippen LogP contribution in [0.25, 0.3) is 0 Å². The van der Waals surface area contributed by atoms with Gasteiger partial charge in [-0.3, -0.25) is 4.79 Å². The molecule has 4 nitrogen and oxygen atoms in total. The van der Waals surface area contributed by atoms with E-state index in [2.05, 4.69) is 15.3 Å². The lowest BCUT2D eigenvalue weighted by Crippen LogP contribution is -2.15. The summed E-state index contributed by atoms with van der Waals surface area (Å²) in [6.07, 6.45) is 2.27. The van der Waals surface area contributed by atoms with Crippen LogP contribution < -0.4 is 5.32 Å². The van der Waals surface area contributed by atoms with Crippen molar-refractivity contribution in [1.82, 2.24) is 4.98 Å². The number of nitrogens with one attached hydrogen (secondary N) is 1. The topological polar surface area (TPSA) is 54.4 Å².